The number of nitrogens with zero attached hydrogens (tertiary/aromatic N) is 2. The maximum atomic E-state index is 13.0. The van der Waals surface area contributed by atoms with Crippen LogP contribution in [0, 0.1) is 5.21 Å². The van der Waals surface area contributed by atoms with Crippen molar-refractivity contribution in [3.8, 4) is 11.5 Å². The Hall–Kier alpha value is -4.85. The van der Waals surface area contributed by atoms with E-state index in [1.165, 1.54) is 48.5 Å². The van der Waals surface area contributed by atoms with Gasteiger partial charge in [0.05, 0.1) is 5.56 Å². The number of benzene rings is 2. The number of aliphatic carboxylic acids is 2. The van der Waals surface area contributed by atoms with Crippen molar-refractivity contribution in [2.75, 3.05) is 6.61 Å². The number of carbonyl (C=O) groups is 4. The van der Waals surface area contributed by atoms with Crippen LogP contribution in [-0.4, -0.2) is 84.5 Å². The van der Waals surface area contributed by atoms with Gasteiger partial charge in [-0.15, -0.1) is 0 Å². The van der Waals surface area contributed by atoms with Crippen molar-refractivity contribution in [2.24, 2.45) is 0 Å². The zero-order chi connectivity index (χ0) is 32.1. The van der Waals surface area contributed by atoms with Crippen LogP contribution < -0.4 is 15.4 Å². The highest BCUT2D eigenvalue weighted by Gasteiger charge is 2.59. The Morgan fingerprint density at radius 1 is 0.953 bits per heavy atom. The van der Waals surface area contributed by atoms with Crippen molar-refractivity contribution in [3.05, 3.63) is 64.9 Å². The van der Waals surface area contributed by atoms with Crippen LogP contribution in [0.4, 0.5) is 0 Å². The van der Waals surface area contributed by atoms with Gasteiger partial charge in [0.2, 0.25) is 5.91 Å². The molecular weight excluding hydrogens is 564 g/mol. The molecule has 231 valence electrons. The second kappa shape index (κ2) is 13.0. The molecule has 0 bridgehead atoms. The maximum Gasteiger partial charge on any atom is 0.326 e. The third-order valence-electron chi connectivity index (χ3n) is 7.67. The molecule has 2 aromatic carbocycles. The third-order valence-corrected chi connectivity index (χ3v) is 7.67. The number of nitrogens with one attached hydrogen (secondary N) is 2. The Kier molecular flexibility index (Phi) is 9.86. The number of phenols is 1. The van der Waals surface area contributed by atoms with Crippen LogP contribution >= 0.6 is 0 Å². The molecule has 0 fully saturated rings. The van der Waals surface area contributed by atoms with Gasteiger partial charge in [0.1, 0.15) is 29.1 Å². The molecule has 0 saturated heterocycles. The molecule has 0 saturated carbocycles. The van der Waals surface area contributed by atoms with Gasteiger partial charge < -0.3 is 35.9 Å². The summed E-state index contributed by atoms with van der Waals surface area (Å²) in [5.41, 5.74) is -1.06. The third kappa shape index (κ3) is 7.52. The van der Waals surface area contributed by atoms with Gasteiger partial charge in [0.15, 0.2) is 12.1 Å². The first-order valence-corrected chi connectivity index (χ1v) is 13.4. The largest absolute Gasteiger partial charge is 0.714 e. The molecule has 0 aromatic heterocycles. The first kappa shape index (κ1) is 32.7. The number of carbonyl (C=O) groups excluding carboxylic acids is 2. The normalized spacial score (nSPS) is 16.7. The number of aromatic hydroxyl groups is 1. The quantitative estimate of drug-likeness (QED) is 0.165. The van der Waals surface area contributed by atoms with E-state index in [0.717, 1.165) is 0 Å². The Labute approximate surface area is 247 Å². The number of carboxylic acids is 2. The second-order valence-electron chi connectivity index (χ2n) is 11.2. The van der Waals surface area contributed by atoms with Crippen LogP contribution in [0.1, 0.15) is 51.7 Å². The van der Waals surface area contributed by atoms with Crippen molar-refractivity contribution >= 4 is 29.6 Å². The minimum atomic E-state index is -1.50. The smallest absolute Gasteiger partial charge is 0.326 e. The fourth-order valence-corrected chi connectivity index (χ4v) is 4.30. The zero-order valence-electron chi connectivity index (χ0n) is 24.2. The number of carboxylic acid groups (broad SMARTS) is 2. The topological polar surface area (TPSA) is 211 Å². The van der Waals surface area contributed by atoms with Crippen molar-refractivity contribution in [2.45, 2.75) is 70.1 Å². The van der Waals surface area contributed by atoms with Crippen molar-refractivity contribution in [3.63, 3.8) is 0 Å². The summed E-state index contributed by atoms with van der Waals surface area (Å²) in [4.78, 5) is 48.2. The number of hydrogen-bond acceptors (Lipinski definition) is 8. The van der Waals surface area contributed by atoms with Crippen molar-refractivity contribution in [1.29, 1.82) is 0 Å². The fraction of sp³-hybridized carbons (Fsp3) is 0.414. The Bertz CT molecular complexity index is 1390. The molecule has 2 aromatic rings. The van der Waals surface area contributed by atoms with E-state index in [-0.39, 0.29) is 30.2 Å². The van der Waals surface area contributed by atoms with E-state index >= 15 is 0 Å². The van der Waals surface area contributed by atoms with Gasteiger partial charge in [0.25, 0.3) is 5.91 Å². The molecule has 14 heteroatoms. The van der Waals surface area contributed by atoms with Crippen LogP contribution in [0.3, 0.4) is 0 Å². The van der Waals surface area contributed by atoms with Gasteiger partial charge in [-0.2, -0.15) is 0 Å². The average molecular weight is 600 g/mol. The molecule has 3 rings (SSSR count). The molecular formula is C29H35N4O10. The Morgan fingerprint density at radius 2 is 1.56 bits per heavy atom. The lowest BCUT2D eigenvalue weighted by Crippen LogP contribution is -2.53. The summed E-state index contributed by atoms with van der Waals surface area (Å²) < 4.78 is 6.20. The van der Waals surface area contributed by atoms with E-state index < -0.39 is 59.9 Å². The van der Waals surface area contributed by atoms with Crippen LogP contribution in [0.5, 0.6) is 11.5 Å². The maximum absolute atomic E-state index is 13.0. The molecule has 43 heavy (non-hydrogen) atoms. The lowest BCUT2D eigenvalue weighted by Gasteiger charge is -2.32. The molecule has 1 aliphatic rings. The van der Waals surface area contributed by atoms with E-state index in [9.17, 15) is 39.8 Å². The van der Waals surface area contributed by atoms with Crippen LogP contribution in [0.2, 0.25) is 0 Å². The average Bonchev–Trinajstić information content (AvgIpc) is 3.06. The second-order valence-corrected chi connectivity index (χ2v) is 11.2. The summed E-state index contributed by atoms with van der Waals surface area (Å²) in [6, 6.07) is 9.05. The van der Waals surface area contributed by atoms with E-state index in [2.05, 4.69) is 10.6 Å². The monoisotopic (exact) mass is 599 g/mol. The van der Waals surface area contributed by atoms with E-state index in [0.29, 0.717) is 20.9 Å². The van der Waals surface area contributed by atoms with Gasteiger partial charge in [-0.05, 0) is 76.1 Å². The predicted molar refractivity (Wildman–Crippen MR) is 151 cm³/mol. The summed E-state index contributed by atoms with van der Waals surface area (Å²) in [6.07, 6.45) is -0.925. The highest BCUT2D eigenvalue weighted by atomic mass is 16.5. The van der Waals surface area contributed by atoms with Crippen molar-refractivity contribution < 1.29 is 49.2 Å². The van der Waals surface area contributed by atoms with E-state index in [1.54, 1.807) is 27.7 Å². The number of hydrogen-bond donors (Lipinski definition) is 5. The SMILES string of the molecule is CC1(C)N([O])C(c2ccc(OCC(=O)N[C@@H](Cc3ccc(O)cc3)C(=O)N[C@@H](CCC(=O)O)C(=O)O)cc2)=[N+]([O-])C1(C)C. The standard InChI is InChI=1S/C29H35N4O10/c1-28(2)29(3,4)33(42)26(32(28)41)18-7-11-20(12-8-18)43-16-23(35)30-22(15-17-5-9-19(34)10-6-17)25(38)31-21(27(39)40)13-14-24(36)37/h5-12,21-22,34H,13-16H2,1-4H3,(H,30,35)(H,31,38)(H,36,37)(H,39,40)/t21-,22-/m0/s1. The van der Waals surface area contributed by atoms with Crippen LogP contribution in [0.15, 0.2) is 48.5 Å². The van der Waals surface area contributed by atoms with E-state index in [4.69, 9.17) is 9.84 Å². The number of amidine groups is 1. The minimum Gasteiger partial charge on any atom is -0.714 e. The number of phenolic OH excluding ortho intramolecular Hbond substituents is 1. The molecule has 1 aliphatic heterocycles. The summed E-state index contributed by atoms with van der Waals surface area (Å²) in [5.74, 6) is -4.06. The first-order valence-electron chi connectivity index (χ1n) is 13.4. The van der Waals surface area contributed by atoms with E-state index in [1.807, 2.05) is 0 Å². The highest BCUT2D eigenvalue weighted by molar-refractivity contribution is 5.96. The number of hydroxylamine groups is 3. The van der Waals surface area contributed by atoms with Crippen molar-refractivity contribution in [1.82, 2.24) is 15.7 Å². The minimum absolute atomic E-state index is 0.0162. The Balaban J connectivity index is 1.69. The van der Waals surface area contributed by atoms with Gasteiger partial charge in [-0.25, -0.2) is 4.79 Å². The summed E-state index contributed by atoms with van der Waals surface area (Å²) in [6.45, 7) is 6.20. The summed E-state index contributed by atoms with van der Waals surface area (Å²) in [7, 11) is 0. The molecule has 0 aliphatic carbocycles. The molecule has 1 heterocycles. The van der Waals surface area contributed by atoms with Gasteiger partial charge in [-0.3, -0.25) is 19.1 Å². The highest BCUT2D eigenvalue weighted by Crippen LogP contribution is 2.37. The van der Waals surface area contributed by atoms with Gasteiger partial charge >= 0.3 is 17.8 Å². The lowest BCUT2D eigenvalue weighted by atomic mass is 9.84. The van der Waals surface area contributed by atoms with Gasteiger partial charge in [0, 0.05) is 18.0 Å². The number of ether oxygens (including phenoxy) is 1. The Morgan fingerprint density at radius 3 is 2.07 bits per heavy atom. The lowest BCUT2D eigenvalue weighted by molar-refractivity contribution is -0.539. The summed E-state index contributed by atoms with van der Waals surface area (Å²) >= 11 is 0. The fourth-order valence-electron chi connectivity index (χ4n) is 4.30. The van der Waals surface area contributed by atoms with Crippen LogP contribution in [-0.2, 0) is 30.8 Å². The number of rotatable bonds is 13. The zero-order valence-corrected chi connectivity index (χ0v) is 24.2. The number of amides is 2. The summed E-state index contributed by atoms with van der Waals surface area (Å²) in [5, 5.41) is 59.0. The molecule has 5 N–H and O–H groups in total. The molecule has 0 unspecified atom stereocenters. The van der Waals surface area contributed by atoms with Crippen LogP contribution in [0.25, 0.3) is 0 Å². The molecule has 0 spiro atoms. The first-order chi connectivity index (χ1) is 20.0. The molecule has 2 atom stereocenters. The molecule has 14 nitrogen and oxygen atoms in total. The predicted octanol–water partition coefficient (Wildman–Crippen LogP) is 1.41. The molecule has 2 amide bonds. The molecule has 1 radical (unpaired) electrons. The van der Waals surface area contributed by atoms with Gasteiger partial charge in [-0.1, -0.05) is 17.2 Å².